The van der Waals surface area contributed by atoms with Crippen molar-refractivity contribution in [3.63, 3.8) is 0 Å². The number of carbonyl (C=O) groups is 1. The Hall–Kier alpha value is -1.24. The van der Waals surface area contributed by atoms with E-state index in [1.54, 1.807) is 17.4 Å². The van der Waals surface area contributed by atoms with E-state index in [9.17, 15) is 4.79 Å². The van der Waals surface area contributed by atoms with Crippen LogP contribution in [-0.2, 0) is 9.53 Å². The van der Waals surface area contributed by atoms with E-state index in [1.807, 2.05) is 29.6 Å². The molecule has 0 saturated carbocycles. The molecule has 0 bridgehead atoms. The Morgan fingerprint density at radius 3 is 2.89 bits per heavy atom. The smallest absolute Gasteiger partial charge is 0.363 e. The zero-order valence-electron chi connectivity index (χ0n) is 8.92. The van der Waals surface area contributed by atoms with E-state index in [1.165, 1.54) is 11.3 Å². The van der Waals surface area contributed by atoms with E-state index in [0.717, 1.165) is 13.5 Å². The van der Waals surface area contributed by atoms with Gasteiger partial charge < -0.3 is 4.74 Å². The van der Waals surface area contributed by atoms with Crippen molar-refractivity contribution in [3.8, 4) is 0 Å². The van der Waals surface area contributed by atoms with E-state index in [-0.39, 0.29) is 0 Å². The van der Waals surface area contributed by atoms with E-state index in [2.05, 4.69) is 20.9 Å². The van der Waals surface area contributed by atoms with Gasteiger partial charge in [-0.15, -0.1) is 22.7 Å². The molecule has 6 heteroatoms. The fourth-order valence-corrected chi connectivity index (χ4v) is 3.47. The normalized spacial score (nSPS) is 17.1. The second-order valence-electron chi connectivity index (χ2n) is 3.46. The van der Waals surface area contributed by atoms with Gasteiger partial charge in [0, 0.05) is 4.88 Å². The number of carbonyl (C=O) groups excluding carboxylic acids is 1. The fourth-order valence-electron chi connectivity index (χ4n) is 1.46. The van der Waals surface area contributed by atoms with E-state index in [4.69, 9.17) is 4.74 Å². The molecule has 3 heterocycles. The van der Waals surface area contributed by atoms with Gasteiger partial charge in [-0.3, -0.25) is 0 Å². The van der Waals surface area contributed by atoms with Crippen LogP contribution in [0.15, 0.2) is 44.1 Å². The van der Waals surface area contributed by atoms with Gasteiger partial charge in [-0.05, 0) is 45.6 Å². The molecule has 18 heavy (non-hydrogen) atoms. The highest BCUT2D eigenvalue weighted by Gasteiger charge is 2.24. The molecule has 0 radical (unpaired) electrons. The van der Waals surface area contributed by atoms with Crippen molar-refractivity contribution in [2.45, 2.75) is 0 Å². The first kappa shape index (κ1) is 11.8. The average molecular weight is 340 g/mol. The molecule has 0 aromatic carbocycles. The predicted molar refractivity (Wildman–Crippen MR) is 76.9 cm³/mol. The number of thiophene rings is 2. The molecule has 0 saturated heterocycles. The third kappa shape index (κ3) is 2.31. The van der Waals surface area contributed by atoms with Crippen LogP contribution in [0.4, 0.5) is 0 Å². The van der Waals surface area contributed by atoms with Gasteiger partial charge in [0.15, 0.2) is 5.70 Å². The molecule has 0 atom stereocenters. The molecular formula is C12H6BrNO2S2. The first-order valence-electron chi connectivity index (χ1n) is 5.04. The minimum Gasteiger partial charge on any atom is -0.401 e. The highest BCUT2D eigenvalue weighted by molar-refractivity contribution is 9.11. The zero-order chi connectivity index (χ0) is 12.5. The van der Waals surface area contributed by atoms with Crippen LogP contribution >= 0.6 is 38.6 Å². The molecule has 1 aliphatic rings. The van der Waals surface area contributed by atoms with Gasteiger partial charge in [-0.2, -0.15) is 0 Å². The standard InChI is InChI=1S/C12H6BrNO2S2/c13-10-4-3-7(18-10)6-8-12(15)16-11(14-8)9-2-1-5-17-9/h1-6H. The van der Waals surface area contributed by atoms with Crippen molar-refractivity contribution < 1.29 is 9.53 Å². The molecule has 3 nitrogen and oxygen atoms in total. The molecule has 3 rings (SSSR count). The minimum absolute atomic E-state index is 0.341. The lowest BCUT2D eigenvalue weighted by Crippen LogP contribution is -2.03. The highest BCUT2D eigenvalue weighted by Crippen LogP contribution is 2.26. The van der Waals surface area contributed by atoms with Crippen LogP contribution in [0.1, 0.15) is 9.75 Å². The van der Waals surface area contributed by atoms with Crippen molar-refractivity contribution in [3.05, 3.63) is 48.9 Å². The summed E-state index contributed by atoms with van der Waals surface area (Å²) in [4.78, 5) is 17.7. The first-order chi connectivity index (χ1) is 8.72. The van der Waals surface area contributed by atoms with Crippen molar-refractivity contribution in [2.75, 3.05) is 0 Å². The lowest BCUT2D eigenvalue weighted by molar-refractivity contribution is -0.129. The Balaban J connectivity index is 1.94. The Bertz CT molecular complexity index is 655. The highest BCUT2D eigenvalue weighted by atomic mass is 79.9. The second-order valence-corrected chi connectivity index (χ2v) is 6.90. The van der Waals surface area contributed by atoms with E-state index >= 15 is 0 Å². The van der Waals surface area contributed by atoms with Crippen LogP contribution in [0.2, 0.25) is 0 Å². The maximum atomic E-state index is 11.7. The fraction of sp³-hybridized carbons (Fsp3) is 0. The number of cyclic esters (lactones) is 1. The third-order valence-corrected chi connectivity index (χ3v) is 4.65. The quantitative estimate of drug-likeness (QED) is 0.614. The lowest BCUT2D eigenvalue weighted by atomic mass is 10.3. The van der Waals surface area contributed by atoms with Crippen LogP contribution in [0.5, 0.6) is 0 Å². The summed E-state index contributed by atoms with van der Waals surface area (Å²) in [6, 6.07) is 7.63. The van der Waals surface area contributed by atoms with Crippen molar-refractivity contribution in [2.24, 2.45) is 4.99 Å². The molecule has 0 aliphatic carbocycles. The number of ether oxygens (including phenoxy) is 1. The van der Waals surface area contributed by atoms with Gasteiger partial charge in [0.25, 0.3) is 0 Å². The molecule has 1 aliphatic heterocycles. The summed E-state index contributed by atoms with van der Waals surface area (Å²) in [5.41, 5.74) is 0.341. The number of esters is 1. The SMILES string of the molecule is O=C1OC(c2cccs2)=NC1=Cc1ccc(Br)s1. The first-order valence-corrected chi connectivity index (χ1v) is 7.53. The summed E-state index contributed by atoms with van der Waals surface area (Å²) >= 11 is 6.41. The van der Waals surface area contributed by atoms with E-state index in [0.29, 0.717) is 11.6 Å². The molecule has 2 aromatic heterocycles. The number of hydrogen-bond acceptors (Lipinski definition) is 5. The van der Waals surface area contributed by atoms with Crippen LogP contribution in [-0.4, -0.2) is 11.9 Å². The summed E-state index contributed by atoms with van der Waals surface area (Å²) in [5, 5.41) is 1.92. The van der Waals surface area contributed by atoms with Crippen LogP contribution in [0.25, 0.3) is 6.08 Å². The van der Waals surface area contributed by atoms with Gasteiger partial charge in [-0.1, -0.05) is 6.07 Å². The molecular weight excluding hydrogens is 334 g/mol. The van der Waals surface area contributed by atoms with Gasteiger partial charge in [0.2, 0.25) is 5.90 Å². The van der Waals surface area contributed by atoms with E-state index < -0.39 is 5.97 Å². The molecule has 0 amide bonds. The average Bonchev–Trinajstić information content (AvgIpc) is 3.02. The van der Waals surface area contributed by atoms with Crippen LogP contribution < -0.4 is 0 Å². The van der Waals surface area contributed by atoms with Gasteiger partial charge >= 0.3 is 5.97 Å². The third-order valence-electron chi connectivity index (χ3n) is 2.23. The number of aliphatic imine (C=N–C) groups is 1. The zero-order valence-corrected chi connectivity index (χ0v) is 12.1. The maximum absolute atomic E-state index is 11.7. The monoisotopic (exact) mass is 339 g/mol. The molecule has 0 N–H and O–H groups in total. The topological polar surface area (TPSA) is 38.7 Å². The van der Waals surface area contributed by atoms with Crippen molar-refractivity contribution in [1.29, 1.82) is 0 Å². The van der Waals surface area contributed by atoms with Crippen molar-refractivity contribution >= 4 is 56.5 Å². The van der Waals surface area contributed by atoms with Gasteiger partial charge in [-0.25, -0.2) is 9.79 Å². The molecule has 0 unspecified atom stereocenters. The summed E-state index contributed by atoms with van der Waals surface area (Å²) < 4.78 is 6.16. The lowest BCUT2D eigenvalue weighted by Gasteiger charge is -1.92. The number of hydrogen-bond donors (Lipinski definition) is 0. The number of nitrogens with zero attached hydrogens (tertiary/aromatic N) is 1. The number of rotatable bonds is 2. The number of halogens is 1. The summed E-state index contributed by atoms with van der Waals surface area (Å²) in [6.07, 6.45) is 1.73. The van der Waals surface area contributed by atoms with Crippen LogP contribution in [0, 0.1) is 0 Å². The Labute approximate surface area is 120 Å². The predicted octanol–water partition coefficient (Wildman–Crippen LogP) is 3.92. The summed E-state index contributed by atoms with van der Waals surface area (Å²) in [7, 11) is 0. The Kier molecular flexibility index (Phi) is 3.15. The van der Waals surface area contributed by atoms with Crippen LogP contribution in [0.3, 0.4) is 0 Å². The van der Waals surface area contributed by atoms with Gasteiger partial charge in [0.1, 0.15) is 0 Å². The minimum atomic E-state index is -0.400. The Morgan fingerprint density at radius 1 is 1.33 bits per heavy atom. The maximum Gasteiger partial charge on any atom is 0.363 e. The molecule has 2 aromatic rings. The largest absolute Gasteiger partial charge is 0.401 e. The van der Waals surface area contributed by atoms with Gasteiger partial charge in [0.05, 0.1) is 8.66 Å². The second kappa shape index (κ2) is 4.79. The molecule has 90 valence electrons. The summed E-state index contributed by atoms with van der Waals surface area (Å²) in [5.74, 6) is -0.0141. The Morgan fingerprint density at radius 2 is 2.22 bits per heavy atom. The molecule has 0 spiro atoms. The summed E-state index contributed by atoms with van der Waals surface area (Å²) in [6.45, 7) is 0. The molecule has 0 fully saturated rings. The van der Waals surface area contributed by atoms with Crippen molar-refractivity contribution in [1.82, 2.24) is 0 Å².